The minimum Gasteiger partial charge on any atom is -0.487 e. The van der Waals surface area contributed by atoms with Crippen molar-refractivity contribution in [2.75, 3.05) is 4.90 Å². The summed E-state index contributed by atoms with van der Waals surface area (Å²) >= 11 is 9.61. The Kier molecular flexibility index (Phi) is 8.29. The van der Waals surface area contributed by atoms with E-state index in [1.165, 1.54) is 17.0 Å². The van der Waals surface area contributed by atoms with E-state index in [0.29, 0.717) is 17.0 Å². The van der Waals surface area contributed by atoms with Gasteiger partial charge in [-0.15, -0.1) is 0 Å². The Bertz CT molecular complexity index is 1460. The molecule has 1 aliphatic rings. The average molecular weight is 738 g/mol. The standard InChI is InChI=1S/C27H20I2N2O5S/c1-14-3-8-22(15(2)9-14)31-25(33)19(24(32)30-27(31)37)10-17-11-20(28)23(21(29)12-17)36-13-16-4-6-18(7-5-16)26(34)35/h3-12H,13H2,1-2H3,(H,34,35)(H,30,32,37)/b19-10+. The van der Waals surface area contributed by atoms with Crippen molar-refractivity contribution in [1.82, 2.24) is 5.32 Å². The van der Waals surface area contributed by atoms with E-state index in [1.807, 2.05) is 44.2 Å². The molecule has 2 N–H and O–H groups in total. The van der Waals surface area contributed by atoms with Crippen LogP contribution in [0.2, 0.25) is 0 Å². The predicted molar refractivity (Wildman–Crippen MR) is 162 cm³/mol. The van der Waals surface area contributed by atoms with Crippen LogP contribution in [0.15, 0.2) is 60.2 Å². The number of thiocarbonyl (C=S) groups is 1. The third-order valence-corrected chi connectivity index (χ3v) is 7.50. The molecule has 0 unspecified atom stereocenters. The number of amides is 2. The van der Waals surface area contributed by atoms with E-state index >= 15 is 0 Å². The van der Waals surface area contributed by atoms with Crippen molar-refractivity contribution in [3.63, 3.8) is 0 Å². The van der Waals surface area contributed by atoms with Crippen molar-refractivity contribution in [2.45, 2.75) is 20.5 Å². The summed E-state index contributed by atoms with van der Waals surface area (Å²) in [4.78, 5) is 38.5. The second kappa shape index (κ2) is 11.3. The van der Waals surface area contributed by atoms with E-state index in [4.69, 9.17) is 22.1 Å². The van der Waals surface area contributed by atoms with E-state index in [-0.39, 0.29) is 22.9 Å². The van der Waals surface area contributed by atoms with Crippen LogP contribution in [-0.4, -0.2) is 28.0 Å². The summed E-state index contributed by atoms with van der Waals surface area (Å²) in [7, 11) is 0. The van der Waals surface area contributed by atoms with Gasteiger partial charge in [0.15, 0.2) is 5.11 Å². The van der Waals surface area contributed by atoms with Crippen LogP contribution in [0.3, 0.4) is 0 Å². The number of aryl methyl sites for hydroxylation is 2. The summed E-state index contributed by atoms with van der Waals surface area (Å²) in [5.41, 5.74) is 4.23. The number of carboxylic acids is 1. The van der Waals surface area contributed by atoms with Gasteiger partial charge in [-0.2, -0.15) is 0 Å². The predicted octanol–water partition coefficient (Wildman–Crippen LogP) is 5.62. The van der Waals surface area contributed by atoms with Gasteiger partial charge in [0, 0.05) is 0 Å². The highest BCUT2D eigenvalue weighted by Gasteiger charge is 2.35. The molecule has 0 saturated carbocycles. The van der Waals surface area contributed by atoms with Gasteiger partial charge in [0.1, 0.15) is 17.9 Å². The van der Waals surface area contributed by atoms with Gasteiger partial charge in [-0.05, 0) is 124 Å². The molecular formula is C27H20I2N2O5S. The quantitative estimate of drug-likeness (QED) is 0.148. The molecule has 0 aromatic heterocycles. The molecule has 2 amide bonds. The van der Waals surface area contributed by atoms with Gasteiger partial charge < -0.3 is 9.84 Å². The molecule has 0 atom stereocenters. The third-order valence-electron chi connectivity index (χ3n) is 5.61. The number of nitrogens with zero attached hydrogens (tertiary/aromatic N) is 1. The Morgan fingerprint density at radius 2 is 1.70 bits per heavy atom. The average Bonchev–Trinajstić information content (AvgIpc) is 2.82. The number of carbonyl (C=O) groups excluding carboxylic acids is 2. The maximum atomic E-state index is 13.4. The monoisotopic (exact) mass is 738 g/mol. The number of halogens is 2. The zero-order valence-electron chi connectivity index (χ0n) is 19.7. The Balaban J connectivity index is 1.59. The highest BCUT2D eigenvalue weighted by Crippen LogP contribution is 2.32. The first kappa shape index (κ1) is 27.2. The summed E-state index contributed by atoms with van der Waals surface area (Å²) in [6.45, 7) is 4.11. The van der Waals surface area contributed by atoms with Crippen LogP contribution in [0.1, 0.15) is 32.6 Å². The lowest BCUT2D eigenvalue weighted by Crippen LogP contribution is -2.54. The molecule has 37 heavy (non-hydrogen) atoms. The molecule has 188 valence electrons. The van der Waals surface area contributed by atoms with Crippen LogP contribution in [0, 0.1) is 21.0 Å². The van der Waals surface area contributed by atoms with Gasteiger partial charge in [0.05, 0.1) is 18.4 Å². The summed E-state index contributed by atoms with van der Waals surface area (Å²) in [5.74, 6) is -1.37. The summed E-state index contributed by atoms with van der Waals surface area (Å²) in [5, 5.41) is 11.7. The molecule has 7 nitrogen and oxygen atoms in total. The smallest absolute Gasteiger partial charge is 0.335 e. The molecule has 4 rings (SSSR count). The van der Waals surface area contributed by atoms with Crippen LogP contribution in [0.4, 0.5) is 5.69 Å². The second-order valence-electron chi connectivity index (χ2n) is 8.35. The molecule has 0 bridgehead atoms. The van der Waals surface area contributed by atoms with Gasteiger partial charge in [-0.1, -0.05) is 29.8 Å². The van der Waals surface area contributed by atoms with Gasteiger partial charge in [0.25, 0.3) is 11.8 Å². The maximum absolute atomic E-state index is 13.4. The van der Waals surface area contributed by atoms with Gasteiger partial charge >= 0.3 is 5.97 Å². The first-order valence-electron chi connectivity index (χ1n) is 11.0. The zero-order chi connectivity index (χ0) is 26.9. The number of carbonyl (C=O) groups is 3. The first-order chi connectivity index (χ1) is 17.5. The number of rotatable bonds is 6. The fourth-order valence-corrected chi connectivity index (χ4v) is 6.20. The molecule has 3 aromatic rings. The largest absolute Gasteiger partial charge is 0.487 e. The van der Waals surface area contributed by atoms with Crippen molar-refractivity contribution in [3.05, 3.63) is 95.1 Å². The van der Waals surface area contributed by atoms with Crippen LogP contribution < -0.4 is 15.0 Å². The van der Waals surface area contributed by atoms with Crippen LogP contribution in [0.25, 0.3) is 6.08 Å². The van der Waals surface area contributed by atoms with Gasteiger partial charge in [-0.3, -0.25) is 19.8 Å². The SMILES string of the molecule is Cc1ccc(N2C(=O)/C(=C/c3cc(I)c(OCc4ccc(C(=O)O)cc4)c(I)c3)C(=O)NC2=S)c(C)c1. The molecule has 1 aliphatic heterocycles. The number of anilines is 1. The molecule has 3 aromatic carbocycles. The zero-order valence-corrected chi connectivity index (χ0v) is 24.8. The number of aromatic carboxylic acids is 1. The number of hydrogen-bond acceptors (Lipinski definition) is 5. The maximum Gasteiger partial charge on any atom is 0.335 e. The highest BCUT2D eigenvalue weighted by atomic mass is 127. The summed E-state index contributed by atoms with van der Waals surface area (Å²) < 4.78 is 7.59. The lowest BCUT2D eigenvalue weighted by Gasteiger charge is -2.30. The first-order valence-corrected chi connectivity index (χ1v) is 13.5. The van der Waals surface area contributed by atoms with Crippen molar-refractivity contribution in [1.29, 1.82) is 0 Å². The lowest BCUT2D eigenvalue weighted by molar-refractivity contribution is -0.122. The number of benzene rings is 3. The van der Waals surface area contributed by atoms with Gasteiger partial charge in [-0.25, -0.2) is 4.79 Å². The number of ether oxygens (including phenoxy) is 1. The normalized spacial score (nSPS) is 14.6. The van der Waals surface area contributed by atoms with E-state index in [9.17, 15) is 14.4 Å². The van der Waals surface area contributed by atoms with Gasteiger partial charge in [0.2, 0.25) is 0 Å². The minimum atomic E-state index is -0.981. The number of hydrogen-bond donors (Lipinski definition) is 2. The summed E-state index contributed by atoms with van der Waals surface area (Å²) in [6, 6.07) is 15.8. The molecule has 0 aliphatic carbocycles. The lowest BCUT2D eigenvalue weighted by atomic mass is 10.0. The number of carboxylic acid groups (broad SMARTS) is 1. The fourth-order valence-electron chi connectivity index (χ4n) is 3.80. The van der Waals surface area contributed by atoms with Crippen LogP contribution in [0.5, 0.6) is 5.75 Å². The summed E-state index contributed by atoms with van der Waals surface area (Å²) in [6.07, 6.45) is 1.55. The van der Waals surface area contributed by atoms with Crippen LogP contribution >= 0.6 is 57.4 Å². The minimum absolute atomic E-state index is 0.0210. The topological polar surface area (TPSA) is 95.9 Å². The van der Waals surface area contributed by atoms with E-state index in [1.54, 1.807) is 18.2 Å². The molecule has 1 heterocycles. The van der Waals surface area contributed by atoms with Crippen LogP contribution in [-0.2, 0) is 16.2 Å². The van der Waals surface area contributed by atoms with E-state index < -0.39 is 17.8 Å². The molecule has 0 spiro atoms. The molecular weight excluding hydrogens is 718 g/mol. The molecule has 1 saturated heterocycles. The van der Waals surface area contributed by atoms with Crippen molar-refractivity contribution < 1.29 is 24.2 Å². The molecule has 10 heteroatoms. The van der Waals surface area contributed by atoms with Crippen molar-refractivity contribution >= 4 is 92.1 Å². The highest BCUT2D eigenvalue weighted by molar-refractivity contribution is 14.1. The molecule has 1 fully saturated rings. The van der Waals surface area contributed by atoms with Crippen molar-refractivity contribution in [2.24, 2.45) is 0 Å². The fraction of sp³-hybridized carbons (Fsp3) is 0.111. The number of nitrogens with one attached hydrogen (secondary N) is 1. The second-order valence-corrected chi connectivity index (χ2v) is 11.1. The third kappa shape index (κ3) is 6.02. The Hall–Kier alpha value is -2.84. The van der Waals surface area contributed by atoms with E-state index in [0.717, 1.165) is 23.8 Å². The van der Waals surface area contributed by atoms with Crippen molar-refractivity contribution in [3.8, 4) is 5.75 Å². The van der Waals surface area contributed by atoms with E-state index in [2.05, 4.69) is 50.5 Å². The Labute approximate surface area is 246 Å². The Morgan fingerprint density at radius 3 is 2.30 bits per heavy atom. The Morgan fingerprint density at radius 1 is 1.05 bits per heavy atom. The molecule has 0 radical (unpaired) electrons.